The van der Waals surface area contributed by atoms with E-state index < -0.39 is 10.0 Å². The van der Waals surface area contributed by atoms with Crippen LogP contribution in [0.5, 0.6) is 0 Å². The zero-order chi connectivity index (χ0) is 21.1. The summed E-state index contributed by atoms with van der Waals surface area (Å²) in [5, 5.41) is 11.0. The molecule has 0 unspecified atom stereocenters. The second-order valence-electron chi connectivity index (χ2n) is 8.36. The second-order valence-corrected chi connectivity index (χ2v) is 10.4. The smallest absolute Gasteiger partial charge is 0.242 e. The van der Waals surface area contributed by atoms with Crippen LogP contribution in [0, 0.1) is 11.3 Å². The van der Waals surface area contributed by atoms with Gasteiger partial charge in [-0.25, -0.2) is 18.1 Å². The van der Waals surface area contributed by atoms with Gasteiger partial charge in [-0.05, 0) is 57.2 Å². The lowest BCUT2D eigenvalue weighted by molar-refractivity contribution is 0.324. The predicted octanol–water partition coefficient (Wildman–Crippen LogP) is 4.18. The van der Waals surface area contributed by atoms with Gasteiger partial charge in [0.2, 0.25) is 10.0 Å². The van der Waals surface area contributed by atoms with Gasteiger partial charge in [-0.1, -0.05) is 11.6 Å². The van der Waals surface area contributed by atoms with E-state index >= 15 is 0 Å². The number of nitrogens with zero attached hydrogens (tertiary/aromatic N) is 4. The van der Waals surface area contributed by atoms with Gasteiger partial charge in [-0.15, -0.1) is 0 Å². The Bertz CT molecular complexity index is 1300. The summed E-state index contributed by atoms with van der Waals surface area (Å²) in [6.07, 6.45) is 7.79. The molecule has 1 N–H and O–H groups in total. The maximum atomic E-state index is 12.6. The summed E-state index contributed by atoms with van der Waals surface area (Å²) in [5.74, 6) is 0. The van der Waals surface area contributed by atoms with Crippen molar-refractivity contribution in [2.75, 3.05) is 0 Å². The third kappa shape index (κ3) is 3.18. The maximum Gasteiger partial charge on any atom is 0.242 e. The molecule has 9 heteroatoms. The third-order valence-corrected chi connectivity index (χ3v) is 7.91. The van der Waals surface area contributed by atoms with Crippen LogP contribution in [0.4, 0.5) is 0 Å². The fourth-order valence-corrected chi connectivity index (χ4v) is 5.48. The highest BCUT2D eigenvalue weighted by atomic mass is 35.5. The topological polar surface area (TPSA) is 101 Å². The van der Waals surface area contributed by atoms with Crippen molar-refractivity contribution in [3.8, 4) is 17.5 Å². The average Bonchev–Trinajstić information content (AvgIpc) is 3.30. The SMILES string of the molecule is CC1(NS(=O)(=O)c2ccc(-c3c(C#N)c4cnc(Cl)cc4n3C3CCC3)nc2)CC1. The Morgan fingerprint density at radius 3 is 2.60 bits per heavy atom. The van der Waals surface area contributed by atoms with E-state index in [2.05, 4.69) is 25.3 Å². The Morgan fingerprint density at radius 1 is 1.27 bits per heavy atom. The molecule has 2 aliphatic carbocycles. The number of pyridine rings is 2. The fourth-order valence-electron chi connectivity index (χ4n) is 3.92. The largest absolute Gasteiger partial charge is 0.335 e. The van der Waals surface area contributed by atoms with Gasteiger partial charge in [0.15, 0.2) is 0 Å². The monoisotopic (exact) mass is 441 g/mol. The summed E-state index contributed by atoms with van der Waals surface area (Å²) >= 11 is 6.14. The van der Waals surface area contributed by atoms with Gasteiger partial charge in [0, 0.05) is 29.4 Å². The van der Waals surface area contributed by atoms with E-state index in [9.17, 15) is 13.7 Å². The first-order valence-electron chi connectivity index (χ1n) is 9.91. The van der Waals surface area contributed by atoms with Crippen LogP contribution in [0.1, 0.15) is 50.6 Å². The molecule has 2 saturated carbocycles. The summed E-state index contributed by atoms with van der Waals surface area (Å²) in [6, 6.07) is 7.54. The molecule has 7 nitrogen and oxygen atoms in total. The number of sulfonamides is 1. The van der Waals surface area contributed by atoms with Gasteiger partial charge in [-0.2, -0.15) is 5.26 Å². The summed E-state index contributed by atoms with van der Waals surface area (Å²) in [4.78, 5) is 8.71. The molecule has 0 aromatic carbocycles. The first-order chi connectivity index (χ1) is 14.3. The van der Waals surface area contributed by atoms with Gasteiger partial charge < -0.3 is 4.57 Å². The van der Waals surface area contributed by atoms with Crippen molar-refractivity contribution in [1.29, 1.82) is 5.26 Å². The molecule has 154 valence electrons. The van der Waals surface area contributed by atoms with E-state index in [4.69, 9.17) is 11.6 Å². The summed E-state index contributed by atoms with van der Waals surface area (Å²) in [6.45, 7) is 1.89. The lowest BCUT2D eigenvalue weighted by Gasteiger charge is -2.30. The molecular weight excluding hydrogens is 422 g/mol. The Kier molecular flexibility index (Phi) is 4.40. The van der Waals surface area contributed by atoms with Gasteiger partial charge in [0.05, 0.1) is 22.5 Å². The Morgan fingerprint density at radius 2 is 2.03 bits per heavy atom. The van der Waals surface area contributed by atoms with Crippen LogP contribution < -0.4 is 4.72 Å². The summed E-state index contributed by atoms with van der Waals surface area (Å²) in [5.41, 5.74) is 2.23. The fraction of sp³-hybridized carbons (Fsp3) is 0.381. The minimum absolute atomic E-state index is 0.119. The molecule has 3 aromatic heterocycles. The van der Waals surface area contributed by atoms with Crippen LogP contribution in [0.3, 0.4) is 0 Å². The highest BCUT2D eigenvalue weighted by molar-refractivity contribution is 7.89. The highest BCUT2D eigenvalue weighted by Gasteiger charge is 2.41. The molecule has 0 atom stereocenters. The highest BCUT2D eigenvalue weighted by Crippen LogP contribution is 2.42. The summed E-state index contributed by atoms with van der Waals surface area (Å²) in [7, 11) is -3.63. The molecule has 5 rings (SSSR count). The number of halogens is 1. The minimum Gasteiger partial charge on any atom is -0.335 e. The number of rotatable bonds is 5. The van der Waals surface area contributed by atoms with Crippen LogP contribution in [0.25, 0.3) is 22.3 Å². The molecule has 3 heterocycles. The maximum absolute atomic E-state index is 12.6. The van der Waals surface area contributed by atoms with Crippen molar-refractivity contribution < 1.29 is 8.42 Å². The van der Waals surface area contributed by atoms with E-state index in [0.717, 1.165) is 43.0 Å². The zero-order valence-electron chi connectivity index (χ0n) is 16.4. The predicted molar refractivity (Wildman–Crippen MR) is 114 cm³/mol. The zero-order valence-corrected chi connectivity index (χ0v) is 18.0. The van der Waals surface area contributed by atoms with E-state index in [1.54, 1.807) is 24.4 Å². The molecule has 0 aliphatic heterocycles. The standard InChI is InChI=1S/C21H20ClN5O2S/c1-21(7-8-21)26-30(28,29)14-5-6-17(24-11-14)20-15(10-23)16-12-25-19(22)9-18(16)27(20)13-3-2-4-13/h5-6,9,11-13,26H,2-4,7-8H2,1H3. The number of hydrogen-bond donors (Lipinski definition) is 1. The molecule has 3 aromatic rings. The van der Waals surface area contributed by atoms with Crippen molar-refractivity contribution in [3.05, 3.63) is 41.3 Å². The van der Waals surface area contributed by atoms with E-state index in [1.165, 1.54) is 6.20 Å². The van der Waals surface area contributed by atoms with Crippen molar-refractivity contribution in [2.24, 2.45) is 0 Å². The Balaban J connectivity index is 1.63. The van der Waals surface area contributed by atoms with E-state index in [0.29, 0.717) is 22.1 Å². The summed E-state index contributed by atoms with van der Waals surface area (Å²) < 4.78 is 30.1. The van der Waals surface area contributed by atoms with Crippen molar-refractivity contribution in [3.63, 3.8) is 0 Å². The van der Waals surface area contributed by atoms with E-state index in [-0.39, 0.29) is 16.5 Å². The van der Waals surface area contributed by atoms with Crippen LogP contribution in [-0.2, 0) is 10.0 Å². The second kappa shape index (κ2) is 6.77. The normalized spacial score (nSPS) is 18.2. The lowest BCUT2D eigenvalue weighted by atomic mass is 9.92. The first-order valence-corrected chi connectivity index (χ1v) is 11.8. The van der Waals surface area contributed by atoms with Crippen LogP contribution >= 0.6 is 11.6 Å². The quantitative estimate of drug-likeness (QED) is 0.598. The van der Waals surface area contributed by atoms with Gasteiger partial charge >= 0.3 is 0 Å². The molecule has 2 fully saturated rings. The van der Waals surface area contributed by atoms with Crippen LogP contribution in [0.15, 0.2) is 35.5 Å². The Hall–Kier alpha value is -2.47. The molecule has 0 saturated heterocycles. The number of hydrogen-bond acceptors (Lipinski definition) is 5. The molecule has 2 aliphatic rings. The number of nitriles is 1. The molecule has 0 radical (unpaired) electrons. The molecule has 30 heavy (non-hydrogen) atoms. The number of nitrogens with one attached hydrogen (secondary N) is 1. The molecule has 0 spiro atoms. The Labute approximate surface area is 179 Å². The van der Waals surface area contributed by atoms with Crippen LogP contribution in [-0.4, -0.2) is 28.5 Å². The molecule has 0 bridgehead atoms. The number of aromatic nitrogens is 3. The third-order valence-electron chi connectivity index (χ3n) is 6.08. The van der Waals surface area contributed by atoms with Gasteiger partial charge in [-0.3, -0.25) is 4.98 Å². The van der Waals surface area contributed by atoms with Gasteiger partial charge in [0.1, 0.15) is 16.1 Å². The van der Waals surface area contributed by atoms with E-state index in [1.807, 2.05) is 6.92 Å². The first kappa shape index (κ1) is 19.5. The molecule has 0 amide bonds. The minimum atomic E-state index is -3.63. The van der Waals surface area contributed by atoms with Crippen molar-refractivity contribution >= 4 is 32.5 Å². The molecular formula is C21H20ClN5O2S. The number of fused-ring (bicyclic) bond motifs is 1. The van der Waals surface area contributed by atoms with Crippen molar-refractivity contribution in [2.45, 2.75) is 55.5 Å². The lowest BCUT2D eigenvalue weighted by Crippen LogP contribution is -2.34. The van der Waals surface area contributed by atoms with Gasteiger partial charge in [0.25, 0.3) is 0 Å². The average molecular weight is 442 g/mol. The van der Waals surface area contributed by atoms with Crippen LogP contribution in [0.2, 0.25) is 5.15 Å². The van der Waals surface area contributed by atoms with Crippen molar-refractivity contribution in [1.82, 2.24) is 19.3 Å².